The average Bonchev–Trinajstić information content (AvgIpc) is 3.04. The van der Waals surface area contributed by atoms with Crippen molar-refractivity contribution in [1.82, 2.24) is 15.0 Å². The third kappa shape index (κ3) is 3.21. The van der Waals surface area contributed by atoms with Crippen LogP contribution in [0.15, 0.2) is 45.3 Å². The first-order valence-corrected chi connectivity index (χ1v) is 11.5. The molecule has 28 heavy (non-hydrogen) atoms. The van der Waals surface area contributed by atoms with Crippen molar-refractivity contribution in [2.75, 3.05) is 36.6 Å². The molecule has 1 saturated heterocycles. The van der Waals surface area contributed by atoms with Gasteiger partial charge in [0.2, 0.25) is 9.84 Å². The third-order valence-corrected chi connectivity index (χ3v) is 7.03. The predicted octanol–water partition coefficient (Wildman–Crippen LogP) is 2.32. The van der Waals surface area contributed by atoms with Gasteiger partial charge in [-0.25, -0.2) is 18.4 Å². The maximum atomic E-state index is 13.3. The standard InChI is InChI=1S/C18H21N5O3S2/c1-11-10-23(8-9-26-11)17-14-13(21-18(22-17)27-2)15(16(19)20-14)28(24,25)12-6-4-3-5-7-12/h3-7,11,20H,8-10,19H2,1-2H3. The van der Waals surface area contributed by atoms with Crippen molar-refractivity contribution >= 4 is 44.3 Å². The third-order valence-electron chi connectivity index (χ3n) is 4.63. The minimum absolute atomic E-state index is 0.00559. The summed E-state index contributed by atoms with van der Waals surface area (Å²) in [5.41, 5.74) is 6.98. The Morgan fingerprint density at radius 2 is 2.04 bits per heavy atom. The summed E-state index contributed by atoms with van der Waals surface area (Å²) in [5, 5.41) is 0.491. The van der Waals surface area contributed by atoms with Gasteiger partial charge in [-0.3, -0.25) is 0 Å². The number of hydrogen-bond acceptors (Lipinski definition) is 8. The van der Waals surface area contributed by atoms with Crippen LogP contribution in [0.1, 0.15) is 6.92 Å². The van der Waals surface area contributed by atoms with Gasteiger partial charge in [-0.05, 0) is 25.3 Å². The molecule has 1 aliphatic rings. The molecule has 3 N–H and O–H groups in total. The minimum Gasteiger partial charge on any atom is -0.384 e. The van der Waals surface area contributed by atoms with Gasteiger partial charge in [0.25, 0.3) is 0 Å². The number of hydrogen-bond donors (Lipinski definition) is 2. The number of nitrogens with one attached hydrogen (secondary N) is 1. The van der Waals surface area contributed by atoms with Crippen LogP contribution < -0.4 is 10.6 Å². The Hall–Kier alpha value is -2.30. The summed E-state index contributed by atoms with van der Waals surface area (Å²) in [6, 6.07) is 8.23. The molecule has 10 heteroatoms. The molecule has 0 aliphatic carbocycles. The second-order valence-corrected chi connectivity index (χ2v) is 9.23. The first-order chi connectivity index (χ1) is 13.4. The highest BCUT2D eigenvalue weighted by Gasteiger charge is 2.30. The van der Waals surface area contributed by atoms with Crippen LogP contribution in [0.5, 0.6) is 0 Å². The predicted molar refractivity (Wildman–Crippen MR) is 110 cm³/mol. The lowest BCUT2D eigenvalue weighted by Gasteiger charge is -2.32. The second-order valence-electron chi connectivity index (χ2n) is 6.57. The highest BCUT2D eigenvalue weighted by molar-refractivity contribution is 7.98. The summed E-state index contributed by atoms with van der Waals surface area (Å²) in [4.78, 5) is 14.4. The molecule has 4 rings (SSSR count). The number of morpholine rings is 1. The zero-order valence-electron chi connectivity index (χ0n) is 15.5. The van der Waals surface area contributed by atoms with E-state index < -0.39 is 9.84 Å². The highest BCUT2D eigenvalue weighted by Crippen LogP contribution is 2.37. The van der Waals surface area contributed by atoms with Crippen LogP contribution in [-0.4, -0.2) is 55.4 Å². The summed E-state index contributed by atoms with van der Waals surface area (Å²) in [5.74, 6) is 0.708. The summed E-state index contributed by atoms with van der Waals surface area (Å²) in [6.07, 6.45) is 1.91. The Balaban J connectivity index is 1.95. The van der Waals surface area contributed by atoms with E-state index in [-0.39, 0.29) is 21.7 Å². The quantitative estimate of drug-likeness (QED) is 0.489. The lowest BCUT2D eigenvalue weighted by Crippen LogP contribution is -2.41. The van der Waals surface area contributed by atoms with Gasteiger partial charge >= 0.3 is 0 Å². The Morgan fingerprint density at radius 3 is 2.71 bits per heavy atom. The number of ether oxygens (including phenoxy) is 1. The maximum Gasteiger partial charge on any atom is 0.212 e. The van der Waals surface area contributed by atoms with Crippen molar-refractivity contribution in [2.24, 2.45) is 0 Å². The molecule has 2 aromatic heterocycles. The molecular formula is C18H21N5O3S2. The number of anilines is 2. The van der Waals surface area contributed by atoms with E-state index in [1.54, 1.807) is 30.3 Å². The van der Waals surface area contributed by atoms with Crippen LogP contribution in [0.3, 0.4) is 0 Å². The molecule has 1 aliphatic heterocycles. The number of nitrogen functional groups attached to an aromatic ring is 1. The molecule has 3 heterocycles. The lowest BCUT2D eigenvalue weighted by molar-refractivity contribution is 0.0530. The van der Waals surface area contributed by atoms with Crippen molar-refractivity contribution < 1.29 is 13.2 Å². The van der Waals surface area contributed by atoms with Gasteiger partial charge in [0, 0.05) is 13.1 Å². The van der Waals surface area contributed by atoms with Crippen molar-refractivity contribution in [3.05, 3.63) is 30.3 Å². The number of thioether (sulfide) groups is 1. The number of benzene rings is 1. The summed E-state index contributed by atoms with van der Waals surface area (Å²) in [7, 11) is -3.84. The molecule has 0 radical (unpaired) electrons. The first kappa shape index (κ1) is 19.0. The second kappa shape index (κ2) is 7.26. The number of nitrogens with zero attached hydrogens (tertiary/aromatic N) is 3. The lowest BCUT2D eigenvalue weighted by atomic mass is 10.3. The molecule has 0 spiro atoms. The van der Waals surface area contributed by atoms with Gasteiger partial charge in [-0.2, -0.15) is 0 Å². The van der Waals surface area contributed by atoms with Crippen LogP contribution in [0.2, 0.25) is 0 Å². The molecule has 0 saturated carbocycles. The Bertz CT molecular complexity index is 1120. The van der Waals surface area contributed by atoms with E-state index >= 15 is 0 Å². The van der Waals surface area contributed by atoms with Crippen molar-refractivity contribution in [1.29, 1.82) is 0 Å². The van der Waals surface area contributed by atoms with Crippen LogP contribution in [0.25, 0.3) is 11.0 Å². The van der Waals surface area contributed by atoms with E-state index in [0.717, 1.165) is 0 Å². The Labute approximate surface area is 167 Å². The van der Waals surface area contributed by atoms with E-state index in [2.05, 4.69) is 19.9 Å². The number of rotatable bonds is 4. The van der Waals surface area contributed by atoms with Crippen LogP contribution >= 0.6 is 11.8 Å². The molecule has 1 aromatic carbocycles. The van der Waals surface area contributed by atoms with Gasteiger partial charge in [0.05, 0.1) is 17.6 Å². The van der Waals surface area contributed by atoms with Crippen molar-refractivity contribution in [3.8, 4) is 0 Å². The molecule has 0 amide bonds. The molecule has 1 unspecified atom stereocenters. The molecule has 1 fully saturated rings. The number of H-pyrrole nitrogens is 1. The average molecular weight is 420 g/mol. The molecule has 0 bridgehead atoms. The number of fused-ring (bicyclic) bond motifs is 1. The fraction of sp³-hybridized carbons (Fsp3) is 0.333. The zero-order chi connectivity index (χ0) is 19.9. The van der Waals surface area contributed by atoms with Gasteiger partial charge < -0.3 is 20.4 Å². The number of aromatic nitrogens is 3. The Morgan fingerprint density at radius 1 is 1.29 bits per heavy atom. The van der Waals surface area contributed by atoms with Gasteiger partial charge in [-0.1, -0.05) is 30.0 Å². The highest BCUT2D eigenvalue weighted by atomic mass is 32.2. The maximum absolute atomic E-state index is 13.3. The fourth-order valence-corrected chi connectivity index (χ4v) is 5.20. The number of nitrogens with two attached hydrogens (primary N) is 1. The summed E-state index contributed by atoms with van der Waals surface area (Å²) < 4.78 is 32.2. The van der Waals surface area contributed by atoms with E-state index in [1.807, 2.05) is 13.2 Å². The first-order valence-electron chi connectivity index (χ1n) is 8.81. The largest absolute Gasteiger partial charge is 0.384 e. The zero-order valence-corrected chi connectivity index (χ0v) is 17.2. The number of sulfone groups is 1. The van der Waals surface area contributed by atoms with E-state index in [4.69, 9.17) is 10.5 Å². The topological polar surface area (TPSA) is 114 Å². The van der Waals surface area contributed by atoms with Gasteiger partial charge in [0.15, 0.2) is 11.0 Å². The van der Waals surface area contributed by atoms with Crippen molar-refractivity contribution in [2.45, 2.75) is 28.0 Å². The number of aromatic amines is 1. The van der Waals surface area contributed by atoms with Crippen LogP contribution in [0, 0.1) is 0 Å². The summed E-state index contributed by atoms with van der Waals surface area (Å²) >= 11 is 1.36. The molecule has 148 valence electrons. The summed E-state index contributed by atoms with van der Waals surface area (Å²) in [6.45, 7) is 3.88. The molecule has 3 aromatic rings. The van der Waals surface area contributed by atoms with Crippen LogP contribution in [0.4, 0.5) is 11.6 Å². The van der Waals surface area contributed by atoms with E-state index in [9.17, 15) is 8.42 Å². The Kier molecular flexibility index (Phi) is 4.94. The monoisotopic (exact) mass is 419 g/mol. The van der Waals surface area contributed by atoms with Gasteiger partial charge in [0.1, 0.15) is 21.7 Å². The van der Waals surface area contributed by atoms with Gasteiger partial charge in [-0.15, -0.1) is 0 Å². The van der Waals surface area contributed by atoms with Crippen LogP contribution in [-0.2, 0) is 14.6 Å². The minimum atomic E-state index is -3.84. The normalized spacial score (nSPS) is 17.9. The smallest absolute Gasteiger partial charge is 0.212 e. The fourth-order valence-electron chi connectivity index (χ4n) is 3.35. The molecule has 1 atom stereocenters. The van der Waals surface area contributed by atoms with E-state index in [0.29, 0.717) is 41.7 Å². The SMILES string of the molecule is CSc1nc(N2CCOC(C)C2)c2[nH]c(N)c(S(=O)(=O)c3ccccc3)c2n1. The molecular weight excluding hydrogens is 398 g/mol. The van der Waals surface area contributed by atoms with Crippen molar-refractivity contribution in [3.63, 3.8) is 0 Å². The van der Waals surface area contributed by atoms with E-state index in [1.165, 1.54) is 11.8 Å². The molecule has 8 nitrogen and oxygen atoms in total.